The molecule has 0 spiro atoms. The van der Waals surface area contributed by atoms with Crippen molar-refractivity contribution < 1.29 is 22.3 Å². The van der Waals surface area contributed by atoms with E-state index in [-0.39, 0.29) is 5.75 Å². The Hall–Kier alpha value is -1.30. The second-order valence-electron chi connectivity index (χ2n) is 2.88. The molecule has 0 heterocycles. The molecule has 0 aliphatic heterocycles. The standard InChI is InChI=1S/C9H9F4NO/c10-5-8(14)6-1-3-7(4-2-6)15-9(11,12)13/h1-4,8H,5,14H2. The predicted molar refractivity (Wildman–Crippen MR) is 46.0 cm³/mol. The lowest BCUT2D eigenvalue weighted by atomic mass is 10.1. The smallest absolute Gasteiger partial charge is 0.406 e. The highest BCUT2D eigenvalue weighted by molar-refractivity contribution is 5.29. The quantitative estimate of drug-likeness (QED) is 0.799. The first-order chi connectivity index (χ1) is 6.92. The molecule has 2 nitrogen and oxygen atoms in total. The van der Waals surface area contributed by atoms with Gasteiger partial charge in [0, 0.05) is 0 Å². The summed E-state index contributed by atoms with van der Waals surface area (Å²) in [6.45, 7) is -0.764. The van der Waals surface area contributed by atoms with Crippen molar-refractivity contribution >= 4 is 0 Å². The number of benzene rings is 1. The second-order valence-corrected chi connectivity index (χ2v) is 2.88. The first-order valence-corrected chi connectivity index (χ1v) is 4.09. The Bertz CT molecular complexity index is 309. The molecule has 0 aromatic heterocycles. The van der Waals surface area contributed by atoms with Gasteiger partial charge >= 0.3 is 6.36 Å². The lowest BCUT2D eigenvalue weighted by molar-refractivity contribution is -0.274. The average Bonchev–Trinajstić information content (AvgIpc) is 2.15. The second kappa shape index (κ2) is 4.48. The van der Waals surface area contributed by atoms with E-state index in [9.17, 15) is 17.6 Å². The number of hydrogen-bond donors (Lipinski definition) is 1. The molecule has 0 saturated heterocycles. The summed E-state index contributed by atoms with van der Waals surface area (Å²) in [6, 6.07) is 3.97. The molecule has 0 saturated carbocycles. The summed E-state index contributed by atoms with van der Waals surface area (Å²) in [5.41, 5.74) is 5.76. The van der Waals surface area contributed by atoms with Crippen LogP contribution in [-0.2, 0) is 0 Å². The molecule has 6 heteroatoms. The molecule has 0 amide bonds. The minimum absolute atomic E-state index is 0.350. The summed E-state index contributed by atoms with van der Waals surface area (Å²) in [6.07, 6.45) is -4.72. The highest BCUT2D eigenvalue weighted by Gasteiger charge is 2.30. The zero-order valence-corrected chi connectivity index (χ0v) is 7.59. The van der Waals surface area contributed by atoms with E-state index in [0.29, 0.717) is 5.56 Å². The van der Waals surface area contributed by atoms with Crippen LogP contribution in [0, 0.1) is 0 Å². The van der Waals surface area contributed by atoms with Crippen LogP contribution in [0.1, 0.15) is 11.6 Å². The summed E-state index contributed by atoms with van der Waals surface area (Å²) in [7, 11) is 0. The van der Waals surface area contributed by atoms with Crippen LogP contribution in [0.5, 0.6) is 5.75 Å². The van der Waals surface area contributed by atoms with Gasteiger partial charge in [-0.2, -0.15) is 0 Å². The van der Waals surface area contributed by atoms with Gasteiger partial charge in [0.1, 0.15) is 12.4 Å². The number of hydrogen-bond acceptors (Lipinski definition) is 2. The van der Waals surface area contributed by atoms with Crippen molar-refractivity contribution in [2.24, 2.45) is 5.73 Å². The van der Waals surface area contributed by atoms with Crippen LogP contribution in [-0.4, -0.2) is 13.0 Å². The molecule has 1 unspecified atom stereocenters. The van der Waals surface area contributed by atoms with Crippen molar-refractivity contribution in [1.82, 2.24) is 0 Å². The highest BCUT2D eigenvalue weighted by atomic mass is 19.4. The van der Waals surface area contributed by atoms with Crippen LogP contribution < -0.4 is 10.5 Å². The molecule has 0 fully saturated rings. The molecule has 0 radical (unpaired) electrons. The Morgan fingerprint density at radius 3 is 2.13 bits per heavy atom. The zero-order chi connectivity index (χ0) is 11.5. The highest BCUT2D eigenvalue weighted by Crippen LogP contribution is 2.23. The van der Waals surface area contributed by atoms with Gasteiger partial charge in [0.05, 0.1) is 6.04 Å². The molecule has 0 aliphatic rings. The maximum absolute atomic E-state index is 12.1. The lowest BCUT2D eigenvalue weighted by Gasteiger charge is -2.10. The van der Waals surface area contributed by atoms with Crippen LogP contribution >= 0.6 is 0 Å². The van der Waals surface area contributed by atoms with Crippen molar-refractivity contribution in [3.05, 3.63) is 29.8 Å². The van der Waals surface area contributed by atoms with Crippen LogP contribution in [0.25, 0.3) is 0 Å². The first kappa shape index (κ1) is 11.8. The largest absolute Gasteiger partial charge is 0.573 e. The average molecular weight is 223 g/mol. The molecule has 0 aliphatic carbocycles. The number of alkyl halides is 4. The molecular formula is C9H9F4NO. The number of halogens is 4. The third kappa shape index (κ3) is 3.75. The third-order valence-corrected chi connectivity index (χ3v) is 1.71. The van der Waals surface area contributed by atoms with E-state index < -0.39 is 19.1 Å². The Morgan fingerprint density at radius 2 is 1.73 bits per heavy atom. The van der Waals surface area contributed by atoms with Crippen molar-refractivity contribution in [3.63, 3.8) is 0 Å². The fraction of sp³-hybridized carbons (Fsp3) is 0.333. The predicted octanol–water partition coefficient (Wildman–Crippen LogP) is 2.55. The number of ether oxygens (including phenoxy) is 1. The molecule has 0 bridgehead atoms. The number of nitrogens with two attached hydrogens (primary N) is 1. The summed E-state index contributed by atoms with van der Waals surface area (Å²) >= 11 is 0. The Balaban J connectivity index is 2.72. The van der Waals surface area contributed by atoms with Gasteiger partial charge < -0.3 is 10.5 Å². The maximum Gasteiger partial charge on any atom is 0.573 e. The SMILES string of the molecule is NC(CF)c1ccc(OC(F)(F)F)cc1. The van der Waals surface area contributed by atoms with Gasteiger partial charge in [-0.3, -0.25) is 0 Å². The van der Waals surface area contributed by atoms with E-state index in [1.165, 1.54) is 12.1 Å². The zero-order valence-electron chi connectivity index (χ0n) is 7.59. The van der Waals surface area contributed by atoms with Crippen molar-refractivity contribution in [3.8, 4) is 5.75 Å². The summed E-state index contributed by atoms with van der Waals surface area (Å²) in [5.74, 6) is -0.350. The van der Waals surface area contributed by atoms with Crippen molar-refractivity contribution in [2.45, 2.75) is 12.4 Å². The van der Waals surface area contributed by atoms with E-state index in [2.05, 4.69) is 4.74 Å². The number of rotatable bonds is 3. The van der Waals surface area contributed by atoms with Crippen LogP contribution in [0.15, 0.2) is 24.3 Å². The van der Waals surface area contributed by atoms with Crippen LogP contribution in [0.3, 0.4) is 0 Å². The minimum atomic E-state index is -4.72. The van der Waals surface area contributed by atoms with Gasteiger partial charge in [-0.1, -0.05) is 12.1 Å². The van der Waals surface area contributed by atoms with Gasteiger partial charge in [0.2, 0.25) is 0 Å². The lowest BCUT2D eigenvalue weighted by Crippen LogP contribution is -2.17. The van der Waals surface area contributed by atoms with E-state index in [1.807, 2.05) is 0 Å². The molecule has 2 N–H and O–H groups in total. The molecular weight excluding hydrogens is 214 g/mol. The summed E-state index contributed by atoms with van der Waals surface area (Å²) < 4.78 is 51.0. The Kier molecular flexibility index (Phi) is 3.52. The van der Waals surface area contributed by atoms with Crippen molar-refractivity contribution in [1.29, 1.82) is 0 Å². The summed E-state index contributed by atoms with van der Waals surface area (Å²) in [4.78, 5) is 0. The Labute approximate surface area is 83.6 Å². The van der Waals surface area contributed by atoms with E-state index in [0.717, 1.165) is 12.1 Å². The van der Waals surface area contributed by atoms with Crippen molar-refractivity contribution in [2.75, 3.05) is 6.67 Å². The minimum Gasteiger partial charge on any atom is -0.406 e. The van der Waals surface area contributed by atoms with Gasteiger partial charge in [-0.25, -0.2) is 4.39 Å². The third-order valence-electron chi connectivity index (χ3n) is 1.71. The first-order valence-electron chi connectivity index (χ1n) is 4.09. The van der Waals surface area contributed by atoms with Gasteiger partial charge in [-0.15, -0.1) is 13.2 Å². The summed E-state index contributed by atoms with van der Waals surface area (Å²) in [5, 5.41) is 0. The van der Waals surface area contributed by atoms with E-state index >= 15 is 0 Å². The fourth-order valence-corrected chi connectivity index (χ4v) is 1.01. The molecule has 1 aromatic rings. The fourth-order valence-electron chi connectivity index (χ4n) is 1.01. The van der Waals surface area contributed by atoms with E-state index in [4.69, 9.17) is 5.73 Å². The molecule has 1 rings (SSSR count). The van der Waals surface area contributed by atoms with Gasteiger partial charge in [-0.05, 0) is 17.7 Å². The molecule has 84 valence electrons. The molecule has 15 heavy (non-hydrogen) atoms. The van der Waals surface area contributed by atoms with E-state index in [1.54, 1.807) is 0 Å². The van der Waals surface area contributed by atoms with Crippen LogP contribution in [0.4, 0.5) is 17.6 Å². The molecule has 1 atom stereocenters. The van der Waals surface area contributed by atoms with Gasteiger partial charge in [0.25, 0.3) is 0 Å². The topological polar surface area (TPSA) is 35.2 Å². The molecule has 1 aromatic carbocycles. The van der Waals surface area contributed by atoms with Crippen LogP contribution in [0.2, 0.25) is 0 Å². The maximum atomic E-state index is 12.1. The van der Waals surface area contributed by atoms with Gasteiger partial charge in [0.15, 0.2) is 0 Å². The normalized spacial score (nSPS) is 13.7. The Morgan fingerprint density at radius 1 is 1.20 bits per heavy atom. The monoisotopic (exact) mass is 223 g/mol.